The number of carboxylic acids is 1. The number of nitrogens with one attached hydrogen (secondary N) is 1. The number of aliphatic carboxylic acids is 1. The molecule has 0 heterocycles. The summed E-state index contributed by atoms with van der Waals surface area (Å²) in [6.45, 7) is 6.16. The average Bonchev–Trinajstić information content (AvgIpc) is 2.74. The Balaban J connectivity index is 1.74. The molecule has 2 N–H and O–H groups in total. The third kappa shape index (κ3) is 7.40. The monoisotopic (exact) mass is 414 g/mol. The lowest BCUT2D eigenvalue weighted by atomic mass is 10.1. The fourth-order valence-corrected chi connectivity index (χ4v) is 3.03. The van der Waals surface area contributed by atoms with E-state index in [2.05, 4.69) is 42.3 Å². The van der Waals surface area contributed by atoms with Gasteiger partial charge in [0.25, 0.3) is 5.91 Å². The summed E-state index contributed by atoms with van der Waals surface area (Å²) < 4.78 is 10.4. The molecule has 0 aromatic heterocycles. The van der Waals surface area contributed by atoms with Gasteiger partial charge in [-0.1, -0.05) is 24.3 Å². The molecular formula is C23H30N2O5. The largest absolute Gasteiger partial charge is 0.484 e. The van der Waals surface area contributed by atoms with Crippen LogP contribution < -0.4 is 15.0 Å². The van der Waals surface area contributed by atoms with Crippen LogP contribution in [0.15, 0.2) is 48.5 Å². The van der Waals surface area contributed by atoms with Crippen molar-refractivity contribution in [3.8, 4) is 5.75 Å². The predicted molar refractivity (Wildman–Crippen MR) is 116 cm³/mol. The number of rotatable bonds is 12. The molecule has 0 saturated carbocycles. The Kier molecular flexibility index (Phi) is 9.15. The van der Waals surface area contributed by atoms with Gasteiger partial charge in [-0.3, -0.25) is 4.79 Å². The second-order valence-corrected chi connectivity index (χ2v) is 6.97. The Morgan fingerprint density at radius 2 is 1.90 bits per heavy atom. The zero-order chi connectivity index (χ0) is 21.9. The minimum absolute atomic E-state index is 0.0776. The van der Waals surface area contributed by atoms with Crippen molar-refractivity contribution in [2.75, 3.05) is 38.3 Å². The summed E-state index contributed by atoms with van der Waals surface area (Å²) >= 11 is 0. The minimum Gasteiger partial charge on any atom is -0.484 e. The first kappa shape index (κ1) is 23.2. The first-order valence-corrected chi connectivity index (χ1v) is 9.98. The number of anilines is 1. The number of carbonyl (C=O) groups is 2. The molecule has 0 aliphatic rings. The number of benzene rings is 2. The molecule has 0 radical (unpaired) electrons. The van der Waals surface area contributed by atoms with E-state index < -0.39 is 12.1 Å². The van der Waals surface area contributed by atoms with E-state index in [4.69, 9.17) is 14.6 Å². The molecule has 30 heavy (non-hydrogen) atoms. The lowest BCUT2D eigenvalue weighted by Gasteiger charge is -2.23. The van der Waals surface area contributed by atoms with Crippen LogP contribution in [0, 0.1) is 6.92 Å². The van der Waals surface area contributed by atoms with Crippen LogP contribution >= 0.6 is 0 Å². The van der Waals surface area contributed by atoms with Crippen LogP contribution in [0.4, 0.5) is 5.69 Å². The average molecular weight is 415 g/mol. The highest BCUT2D eigenvalue weighted by Crippen LogP contribution is 2.15. The van der Waals surface area contributed by atoms with Gasteiger partial charge in [-0.15, -0.1) is 0 Å². The number of hydrogen-bond donors (Lipinski definition) is 2. The van der Waals surface area contributed by atoms with Crippen molar-refractivity contribution < 1.29 is 24.2 Å². The number of carboxylic acid groups (broad SMARTS) is 1. The molecule has 2 aromatic carbocycles. The van der Waals surface area contributed by atoms with E-state index >= 15 is 0 Å². The molecule has 0 saturated heterocycles. The molecule has 0 aliphatic heterocycles. The van der Waals surface area contributed by atoms with E-state index in [0.717, 1.165) is 17.8 Å². The Labute approximate surface area is 177 Å². The number of amides is 1. The molecule has 1 amide bonds. The van der Waals surface area contributed by atoms with Crippen LogP contribution in [0.25, 0.3) is 0 Å². The van der Waals surface area contributed by atoms with Gasteiger partial charge in [0, 0.05) is 38.9 Å². The smallest absolute Gasteiger partial charge is 0.333 e. The summed E-state index contributed by atoms with van der Waals surface area (Å²) in [6.07, 6.45) is -0.619. The highest BCUT2D eigenvalue weighted by atomic mass is 16.5. The van der Waals surface area contributed by atoms with E-state index in [0.29, 0.717) is 18.8 Å². The standard InChI is InChI=1S/C23H30N2O5/c1-4-25(19-7-5-6-17(2)14-19)13-12-24-22(26)16-30-20-10-8-18(9-11-20)15-21(29-3)23(27)28/h5-11,14,21H,4,12-13,15-16H2,1-3H3,(H,24,26)(H,27,28). The van der Waals surface area contributed by atoms with Crippen molar-refractivity contribution in [3.63, 3.8) is 0 Å². The summed E-state index contributed by atoms with van der Waals surface area (Å²) in [5.74, 6) is -0.642. The van der Waals surface area contributed by atoms with Gasteiger partial charge >= 0.3 is 5.97 Å². The number of aryl methyl sites for hydroxylation is 1. The summed E-state index contributed by atoms with van der Waals surface area (Å²) in [4.78, 5) is 25.3. The summed E-state index contributed by atoms with van der Waals surface area (Å²) in [6, 6.07) is 15.3. The fourth-order valence-electron chi connectivity index (χ4n) is 3.03. The first-order valence-electron chi connectivity index (χ1n) is 9.98. The fraction of sp³-hybridized carbons (Fsp3) is 0.391. The van der Waals surface area contributed by atoms with Crippen LogP contribution in [0.5, 0.6) is 5.75 Å². The normalized spacial score (nSPS) is 11.6. The van der Waals surface area contributed by atoms with Gasteiger partial charge in [0.15, 0.2) is 12.7 Å². The van der Waals surface area contributed by atoms with Gasteiger partial charge in [-0.05, 0) is 49.2 Å². The molecule has 2 rings (SSSR count). The number of ether oxygens (including phenoxy) is 2. The number of likely N-dealkylation sites (N-methyl/N-ethyl adjacent to an activating group) is 1. The van der Waals surface area contributed by atoms with Crippen LogP contribution in [0.1, 0.15) is 18.1 Å². The molecule has 0 aliphatic carbocycles. The van der Waals surface area contributed by atoms with Gasteiger partial charge < -0.3 is 24.8 Å². The van der Waals surface area contributed by atoms with E-state index in [-0.39, 0.29) is 18.9 Å². The Bertz CT molecular complexity index is 823. The van der Waals surface area contributed by atoms with Crippen molar-refractivity contribution >= 4 is 17.6 Å². The van der Waals surface area contributed by atoms with Crippen LogP contribution in [0.3, 0.4) is 0 Å². The van der Waals surface area contributed by atoms with E-state index in [1.54, 1.807) is 24.3 Å². The van der Waals surface area contributed by atoms with E-state index in [9.17, 15) is 9.59 Å². The van der Waals surface area contributed by atoms with Gasteiger partial charge in [0.1, 0.15) is 5.75 Å². The van der Waals surface area contributed by atoms with E-state index in [1.807, 2.05) is 6.07 Å². The molecule has 7 nitrogen and oxygen atoms in total. The molecule has 0 spiro atoms. The summed E-state index contributed by atoms with van der Waals surface area (Å²) in [7, 11) is 1.37. The molecule has 1 atom stereocenters. The molecule has 162 valence electrons. The van der Waals surface area contributed by atoms with Crippen LogP contribution in [0.2, 0.25) is 0 Å². The maximum absolute atomic E-state index is 12.1. The van der Waals surface area contributed by atoms with Crippen molar-refractivity contribution in [1.82, 2.24) is 5.32 Å². The Morgan fingerprint density at radius 1 is 1.17 bits per heavy atom. The van der Waals surface area contributed by atoms with Crippen molar-refractivity contribution in [3.05, 3.63) is 59.7 Å². The highest BCUT2D eigenvalue weighted by molar-refractivity contribution is 5.77. The third-order valence-electron chi connectivity index (χ3n) is 4.73. The molecule has 1 unspecified atom stereocenters. The zero-order valence-corrected chi connectivity index (χ0v) is 17.8. The number of carbonyl (C=O) groups excluding carboxylic acids is 1. The SMILES string of the molecule is CCN(CCNC(=O)COc1ccc(CC(OC)C(=O)O)cc1)c1cccc(C)c1. The second kappa shape index (κ2) is 11.8. The van der Waals surface area contributed by atoms with Gasteiger partial charge in [-0.25, -0.2) is 4.79 Å². The number of methoxy groups -OCH3 is 1. The first-order chi connectivity index (χ1) is 14.4. The topological polar surface area (TPSA) is 88.1 Å². The lowest BCUT2D eigenvalue weighted by Crippen LogP contribution is -2.37. The maximum Gasteiger partial charge on any atom is 0.333 e. The van der Waals surface area contributed by atoms with Gasteiger partial charge in [-0.2, -0.15) is 0 Å². The summed E-state index contributed by atoms with van der Waals surface area (Å²) in [5, 5.41) is 11.9. The van der Waals surface area contributed by atoms with Crippen LogP contribution in [-0.4, -0.2) is 56.4 Å². The summed E-state index contributed by atoms with van der Waals surface area (Å²) in [5.41, 5.74) is 3.16. The number of hydrogen-bond acceptors (Lipinski definition) is 5. The molecule has 0 bridgehead atoms. The highest BCUT2D eigenvalue weighted by Gasteiger charge is 2.16. The predicted octanol–water partition coefficient (Wildman–Crippen LogP) is 2.66. The second-order valence-electron chi connectivity index (χ2n) is 6.97. The Morgan fingerprint density at radius 3 is 2.50 bits per heavy atom. The lowest BCUT2D eigenvalue weighted by molar-refractivity contribution is -0.148. The third-order valence-corrected chi connectivity index (χ3v) is 4.73. The van der Waals surface area contributed by atoms with Crippen molar-refractivity contribution in [2.45, 2.75) is 26.4 Å². The number of nitrogens with zero attached hydrogens (tertiary/aromatic N) is 1. The van der Waals surface area contributed by atoms with Crippen LogP contribution in [-0.2, 0) is 20.7 Å². The maximum atomic E-state index is 12.1. The zero-order valence-electron chi connectivity index (χ0n) is 17.8. The quantitative estimate of drug-likeness (QED) is 0.555. The molecular weight excluding hydrogens is 384 g/mol. The van der Waals surface area contributed by atoms with Gasteiger partial charge in [0.05, 0.1) is 0 Å². The molecule has 0 fully saturated rings. The van der Waals surface area contributed by atoms with E-state index in [1.165, 1.54) is 12.7 Å². The van der Waals surface area contributed by atoms with Crippen molar-refractivity contribution in [1.29, 1.82) is 0 Å². The minimum atomic E-state index is -1.00. The molecule has 2 aromatic rings. The molecule has 7 heteroatoms. The van der Waals surface area contributed by atoms with Crippen molar-refractivity contribution in [2.24, 2.45) is 0 Å². The van der Waals surface area contributed by atoms with Gasteiger partial charge in [0.2, 0.25) is 0 Å². The Hall–Kier alpha value is -3.06.